The molecule has 3 rings (SSSR count). The van der Waals surface area contributed by atoms with Crippen LogP contribution in [-0.2, 0) is 16.1 Å². The van der Waals surface area contributed by atoms with Crippen LogP contribution in [0.4, 0.5) is 17.2 Å². The number of carbonyl (C=O) groups is 2. The predicted molar refractivity (Wildman–Crippen MR) is 138 cm³/mol. The number of anilines is 3. The van der Waals surface area contributed by atoms with Crippen LogP contribution < -0.4 is 26.9 Å². The first-order valence-corrected chi connectivity index (χ1v) is 12.1. The van der Waals surface area contributed by atoms with Gasteiger partial charge in [0.05, 0.1) is 5.69 Å². The van der Waals surface area contributed by atoms with Crippen molar-refractivity contribution in [2.24, 2.45) is 11.0 Å². The van der Waals surface area contributed by atoms with E-state index in [1.807, 2.05) is 45.9 Å². The summed E-state index contributed by atoms with van der Waals surface area (Å²) in [5.41, 5.74) is 6.59. The van der Waals surface area contributed by atoms with Crippen LogP contribution in [0.15, 0.2) is 39.0 Å². The SMILES string of the molecule is CCCCn1c(N)c(N(CCC(C)C)C(=O)C2=NN(c3cccc(C)c3)C(=O)CC2)c(=O)[nH]c1=O. The maximum absolute atomic E-state index is 13.7. The topological polar surface area (TPSA) is 134 Å². The number of nitrogens with two attached hydrogens (primary N) is 1. The number of nitrogens with zero attached hydrogens (tertiary/aromatic N) is 4. The fourth-order valence-corrected chi connectivity index (χ4v) is 3.90. The molecule has 0 atom stereocenters. The van der Waals surface area contributed by atoms with Crippen LogP contribution in [-0.4, -0.2) is 33.6 Å². The first-order valence-electron chi connectivity index (χ1n) is 12.1. The Bertz CT molecular complexity index is 1240. The average molecular weight is 483 g/mol. The normalized spacial score (nSPS) is 13.8. The number of aryl methyl sites for hydroxylation is 1. The highest BCUT2D eigenvalue weighted by Crippen LogP contribution is 2.24. The van der Waals surface area contributed by atoms with Gasteiger partial charge in [-0.05, 0) is 43.4 Å². The molecule has 2 heterocycles. The molecule has 0 saturated carbocycles. The third kappa shape index (κ3) is 5.87. The molecule has 1 aliphatic heterocycles. The Morgan fingerprint density at radius 2 is 1.97 bits per heavy atom. The van der Waals surface area contributed by atoms with Gasteiger partial charge in [0.15, 0.2) is 5.69 Å². The first kappa shape index (κ1) is 25.9. The molecule has 2 aromatic rings. The molecule has 0 bridgehead atoms. The zero-order chi connectivity index (χ0) is 25.7. The Labute approximate surface area is 204 Å². The van der Waals surface area contributed by atoms with Gasteiger partial charge >= 0.3 is 5.69 Å². The van der Waals surface area contributed by atoms with Gasteiger partial charge in [-0.15, -0.1) is 0 Å². The van der Waals surface area contributed by atoms with Crippen molar-refractivity contribution in [1.82, 2.24) is 9.55 Å². The smallest absolute Gasteiger partial charge is 0.330 e. The summed E-state index contributed by atoms with van der Waals surface area (Å²) < 4.78 is 1.29. The van der Waals surface area contributed by atoms with Gasteiger partial charge in [0.1, 0.15) is 11.5 Å². The molecular weight excluding hydrogens is 448 g/mol. The van der Waals surface area contributed by atoms with E-state index < -0.39 is 17.2 Å². The molecule has 2 amide bonds. The largest absolute Gasteiger partial charge is 0.383 e. The highest BCUT2D eigenvalue weighted by atomic mass is 16.2. The zero-order valence-corrected chi connectivity index (χ0v) is 20.8. The lowest BCUT2D eigenvalue weighted by molar-refractivity contribution is -0.118. The van der Waals surface area contributed by atoms with E-state index in [0.717, 1.165) is 12.0 Å². The number of benzene rings is 1. The number of hydrazone groups is 1. The number of hydrogen-bond acceptors (Lipinski definition) is 6. The van der Waals surface area contributed by atoms with Crippen LogP contribution >= 0.6 is 0 Å². The van der Waals surface area contributed by atoms with Crippen molar-refractivity contribution < 1.29 is 9.59 Å². The highest BCUT2D eigenvalue weighted by Gasteiger charge is 2.32. The summed E-state index contributed by atoms with van der Waals surface area (Å²) in [6.07, 6.45) is 2.38. The van der Waals surface area contributed by atoms with E-state index >= 15 is 0 Å². The quantitative estimate of drug-likeness (QED) is 0.567. The molecule has 0 fully saturated rings. The molecular formula is C25H34N6O4. The summed E-state index contributed by atoms with van der Waals surface area (Å²) in [6.45, 7) is 8.45. The van der Waals surface area contributed by atoms with E-state index in [1.165, 1.54) is 14.5 Å². The van der Waals surface area contributed by atoms with E-state index in [1.54, 1.807) is 6.07 Å². The average Bonchev–Trinajstić information content (AvgIpc) is 2.80. The summed E-state index contributed by atoms with van der Waals surface area (Å²) >= 11 is 0. The first-order chi connectivity index (χ1) is 16.6. The second-order valence-electron chi connectivity index (χ2n) is 9.23. The van der Waals surface area contributed by atoms with Crippen LogP contribution in [0.1, 0.15) is 58.4 Å². The minimum Gasteiger partial charge on any atom is -0.383 e. The minimum absolute atomic E-state index is 0.0488. The standard InChI is InChI=1S/C25H34N6O4/c1-5-6-13-30-22(26)21(23(33)27-25(30)35)29(14-12-16(2)3)24(34)19-10-11-20(32)31(28-19)18-9-7-8-17(4)15-18/h7-9,15-16H,5-6,10-14,26H2,1-4H3,(H,27,33,35). The van der Waals surface area contributed by atoms with Crippen LogP contribution in [0.2, 0.25) is 0 Å². The van der Waals surface area contributed by atoms with Gasteiger partial charge in [-0.25, -0.2) is 9.80 Å². The number of aromatic amines is 1. The number of carbonyl (C=O) groups excluding carboxylic acids is 2. The summed E-state index contributed by atoms with van der Waals surface area (Å²) in [4.78, 5) is 55.2. The molecule has 35 heavy (non-hydrogen) atoms. The molecule has 188 valence electrons. The number of hydrogen-bond donors (Lipinski definition) is 2. The third-order valence-electron chi connectivity index (χ3n) is 5.92. The van der Waals surface area contributed by atoms with Crippen molar-refractivity contribution >= 4 is 34.7 Å². The van der Waals surface area contributed by atoms with Crippen molar-refractivity contribution in [3.63, 3.8) is 0 Å². The second-order valence-corrected chi connectivity index (χ2v) is 9.23. The fraction of sp³-hybridized carbons (Fsp3) is 0.480. The molecule has 0 unspecified atom stereocenters. The zero-order valence-electron chi connectivity index (χ0n) is 20.8. The molecule has 0 saturated heterocycles. The number of rotatable bonds is 9. The van der Waals surface area contributed by atoms with Crippen molar-refractivity contribution in [2.75, 3.05) is 22.2 Å². The summed E-state index contributed by atoms with van der Waals surface area (Å²) in [5.74, 6) is -0.525. The van der Waals surface area contributed by atoms with Crippen molar-refractivity contribution in [1.29, 1.82) is 0 Å². The van der Waals surface area contributed by atoms with Crippen LogP contribution in [0.5, 0.6) is 0 Å². The molecule has 1 aliphatic rings. The Hall–Kier alpha value is -3.69. The van der Waals surface area contributed by atoms with Gasteiger partial charge in [0.2, 0.25) is 5.91 Å². The Kier molecular flexibility index (Phi) is 8.26. The predicted octanol–water partition coefficient (Wildman–Crippen LogP) is 2.79. The summed E-state index contributed by atoms with van der Waals surface area (Å²) in [5, 5.41) is 5.62. The summed E-state index contributed by atoms with van der Waals surface area (Å²) in [6, 6.07) is 7.30. The number of nitrogen functional groups attached to an aromatic ring is 1. The van der Waals surface area contributed by atoms with Crippen molar-refractivity contribution in [2.45, 2.75) is 66.3 Å². The number of amides is 2. The van der Waals surface area contributed by atoms with Gasteiger partial charge in [0, 0.05) is 25.9 Å². The maximum atomic E-state index is 13.7. The van der Waals surface area contributed by atoms with Gasteiger partial charge < -0.3 is 5.73 Å². The lowest BCUT2D eigenvalue weighted by Gasteiger charge is -2.28. The second kappa shape index (κ2) is 11.2. The van der Waals surface area contributed by atoms with Crippen LogP contribution in [0, 0.1) is 12.8 Å². The maximum Gasteiger partial charge on any atom is 0.330 e. The van der Waals surface area contributed by atoms with E-state index in [2.05, 4.69) is 10.1 Å². The number of aromatic nitrogens is 2. The molecule has 0 radical (unpaired) electrons. The Morgan fingerprint density at radius 1 is 1.23 bits per heavy atom. The Morgan fingerprint density at radius 3 is 2.63 bits per heavy atom. The fourth-order valence-electron chi connectivity index (χ4n) is 3.90. The van der Waals surface area contributed by atoms with Gasteiger partial charge in [-0.3, -0.25) is 28.8 Å². The van der Waals surface area contributed by atoms with Gasteiger partial charge in [-0.2, -0.15) is 5.10 Å². The van der Waals surface area contributed by atoms with E-state index in [9.17, 15) is 19.2 Å². The molecule has 0 spiro atoms. The number of nitrogens with one attached hydrogen (secondary N) is 1. The molecule has 10 nitrogen and oxygen atoms in total. The molecule has 1 aromatic carbocycles. The molecule has 1 aromatic heterocycles. The molecule has 3 N–H and O–H groups in total. The number of H-pyrrole nitrogens is 1. The molecule has 10 heteroatoms. The summed E-state index contributed by atoms with van der Waals surface area (Å²) in [7, 11) is 0. The van der Waals surface area contributed by atoms with E-state index in [4.69, 9.17) is 5.73 Å². The minimum atomic E-state index is -0.722. The van der Waals surface area contributed by atoms with Crippen LogP contribution in [0.25, 0.3) is 0 Å². The van der Waals surface area contributed by atoms with Crippen LogP contribution in [0.3, 0.4) is 0 Å². The third-order valence-corrected chi connectivity index (χ3v) is 5.92. The monoisotopic (exact) mass is 482 g/mol. The lowest BCUT2D eigenvalue weighted by atomic mass is 10.1. The van der Waals surface area contributed by atoms with Gasteiger partial charge in [-0.1, -0.05) is 39.3 Å². The molecule has 0 aliphatic carbocycles. The number of unbranched alkanes of at least 4 members (excludes halogenated alkanes) is 1. The van der Waals surface area contributed by atoms with Crippen molar-refractivity contribution in [3.05, 3.63) is 50.7 Å². The highest BCUT2D eigenvalue weighted by molar-refractivity contribution is 6.45. The van der Waals surface area contributed by atoms with Crippen molar-refractivity contribution in [3.8, 4) is 0 Å². The van der Waals surface area contributed by atoms with E-state index in [-0.39, 0.29) is 48.4 Å². The lowest BCUT2D eigenvalue weighted by Crippen LogP contribution is -2.46. The van der Waals surface area contributed by atoms with Gasteiger partial charge in [0.25, 0.3) is 11.5 Å². The Balaban J connectivity index is 2.07. The van der Waals surface area contributed by atoms with E-state index in [0.29, 0.717) is 25.1 Å².